The van der Waals surface area contributed by atoms with E-state index in [0.29, 0.717) is 29.6 Å². The highest BCUT2D eigenvalue weighted by Gasteiger charge is 2.51. The molecular weight excluding hydrogens is 1090 g/mol. The molecule has 3 saturated heterocycles. The number of thiophene rings is 1. The molecule has 0 aliphatic carbocycles. The molecule has 0 bridgehead atoms. The topological polar surface area (TPSA) is 269 Å². The average Bonchev–Trinajstić information content (AvgIpc) is 3.98. The highest BCUT2D eigenvalue weighted by molar-refractivity contribution is 7.52. The van der Waals surface area contributed by atoms with Gasteiger partial charge >= 0.3 is 13.3 Å². The molecule has 2 unspecified atom stereocenters. The molecule has 4 aliphatic heterocycles. The number of hydrogen-bond acceptors (Lipinski definition) is 12. The summed E-state index contributed by atoms with van der Waals surface area (Å²) in [6, 6.07) is 14.8. The van der Waals surface area contributed by atoms with Gasteiger partial charge in [0.2, 0.25) is 35.4 Å². The summed E-state index contributed by atoms with van der Waals surface area (Å²) in [5, 5.41) is 7.91. The summed E-state index contributed by atoms with van der Waals surface area (Å²) in [5.41, 5.74) is -4.59. The lowest BCUT2D eigenvalue weighted by molar-refractivity contribution is -0.158. The lowest BCUT2D eigenvalue weighted by Gasteiger charge is -2.45. The molecule has 4 atom stereocenters. The van der Waals surface area contributed by atoms with Crippen LogP contribution in [-0.4, -0.2) is 147 Å². The van der Waals surface area contributed by atoms with Crippen molar-refractivity contribution in [3.8, 4) is 11.8 Å². The van der Waals surface area contributed by atoms with Gasteiger partial charge in [-0.05, 0) is 72.0 Å². The third-order valence-electron chi connectivity index (χ3n) is 14.7. The van der Waals surface area contributed by atoms with E-state index in [0.717, 1.165) is 66.0 Å². The molecule has 0 spiro atoms. The zero-order valence-corrected chi connectivity index (χ0v) is 46.8. The molecule has 5 heterocycles. The number of unbranched alkanes of at least 4 members (excludes halogenated alkanes) is 6. The zero-order valence-electron chi connectivity index (χ0n) is 45.0. The van der Waals surface area contributed by atoms with Crippen molar-refractivity contribution in [1.29, 1.82) is 0 Å². The lowest BCUT2D eigenvalue weighted by atomic mass is 9.85. The van der Waals surface area contributed by atoms with Gasteiger partial charge in [-0.1, -0.05) is 94.7 Å². The molecule has 3 aromatic carbocycles. The van der Waals surface area contributed by atoms with Crippen LogP contribution in [0.1, 0.15) is 138 Å². The van der Waals surface area contributed by atoms with Gasteiger partial charge in [0.05, 0.1) is 35.7 Å². The predicted octanol–water partition coefficient (Wildman–Crippen LogP) is 5.60. The average molecular weight is 1160 g/mol. The van der Waals surface area contributed by atoms with Gasteiger partial charge in [-0.25, -0.2) is 0 Å². The molecule has 0 saturated carbocycles. The fourth-order valence-electron chi connectivity index (χ4n) is 10.2. The van der Waals surface area contributed by atoms with E-state index < -0.39 is 108 Å². The summed E-state index contributed by atoms with van der Waals surface area (Å²) >= 11 is 0.926. The first-order chi connectivity index (χ1) is 38.4. The summed E-state index contributed by atoms with van der Waals surface area (Å²) in [5.74, 6) is 1.05. The van der Waals surface area contributed by atoms with Gasteiger partial charge in [0.25, 0.3) is 17.7 Å². The molecule has 81 heavy (non-hydrogen) atoms. The third kappa shape index (κ3) is 13.9. The lowest BCUT2D eigenvalue weighted by Crippen LogP contribution is -2.66. The van der Waals surface area contributed by atoms with Crippen molar-refractivity contribution in [3.05, 3.63) is 105 Å². The Morgan fingerprint density at radius 3 is 2.28 bits per heavy atom. The third-order valence-corrected chi connectivity index (χ3v) is 16.8. The summed E-state index contributed by atoms with van der Waals surface area (Å²) in [6.45, 7) is 5.70. The molecule has 0 radical (unpaired) electrons. The SMILES string of the molecule is CC(C)(C)C(NC(=O)c1cc2cc(C(F)(F)P(=O)(O)O)ccc2s1)C(=O)N1CCN(C(=O)CC(=O)NCCCCCCCCC#Cc2ccc3c(c2)C(=O)N(C2CCC(=O)NC2=O)C3=O)C[C@H]1C(=O)N1CCO[C@H](c2ccccc2)C1. The van der Waals surface area contributed by atoms with Gasteiger partial charge < -0.3 is 39.9 Å². The highest BCUT2D eigenvalue weighted by Crippen LogP contribution is 2.59. The fraction of sp³-hybridized carbons (Fsp3) is 0.456. The normalized spacial score (nSPS) is 19.2. The van der Waals surface area contributed by atoms with Gasteiger partial charge in [0.15, 0.2) is 0 Å². The minimum atomic E-state index is -5.87. The minimum absolute atomic E-state index is 0.0179. The number of nitrogens with zero attached hydrogens (tertiary/aromatic N) is 4. The molecule has 24 heteroatoms. The Labute approximate surface area is 470 Å². The molecule has 4 aliphatic rings. The fourth-order valence-corrected chi connectivity index (χ4v) is 11.7. The van der Waals surface area contributed by atoms with Crippen molar-refractivity contribution in [1.82, 2.24) is 35.6 Å². The van der Waals surface area contributed by atoms with Crippen LogP contribution >= 0.6 is 18.9 Å². The number of fused-ring (bicyclic) bond motifs is 2. The van der Waals surface area contributed by atoms with Crippen LogP contribution in [-0.2, 0) is 43.7 Å². The molecule has 5 N–H and O–H groups in total. The Hall–Kier alpha value is -7.22. The molecule has 8 rings (SSSR count). The monoisotopic (exact) mass is 1160 g/mol. The Kier molecular flexibility index (Phi) is 18.7. The van der Waals surface area contributed by atoms with E-state index in [-0.39, 0.29) is 73.6 Å². The number of piperidine rings is 1. The molecule has 9 amide bonds. The second-order valence-electron chi connectivity index (χ2n) is 21.6. The Balaban J connectivity index is 0.821. The van der Waals surface area contributed by atoms with Crippen LogP contribution in [0.5, 0.6) is 0 Å². The number of alkyl halides is 2. The molecule has 3 fully saturated rings. The van der Waals surface area contributed by atoms with E-state index >= 15 is 0 Å². The van der Waals surface area contributed by atoms with Crippen LogP contribution in [0, 0.1) is 17.3 Å². The number of ether oxygens (including phenoxy) is 1. The number of nitrogens with one attached hydrogen (secondary N) is 3. The van der Waals surface area contributed by atoms with Crippen LogP contribution in [0.2, 0.25) is 0 Å². The molecule has 4 aromatic rings. The van der Waals surface area contributed by atoms with Gasteiger partial charge in [-0.2, -0.15) is 8.78 Å². The standard InChI is InChI=1S/C57H64F2N7O13PS/c1-56(2,3)49(62-51(71)45-31-37-30-38(19-22-44(37)81-45)57(58,59)80(76,77)78)55(75)65-26-25-63(33-42(65)54(74)64-27-28-79-43(34-64)36-16-12-10-13-17-36)48(69)32-47(68)60-24-14-9-7-5-4-6-8-11-15-35-18-20-39-40(29-35)53(73)66(52(39)72)41-21-23-46(67)61-50(41)70/h10,12-13,16-20,22,29-31,41-43,49H,4-9,14,21,23-28,32-34H2,1-3H3,(H,60,68)(H,62,71)(H,61,67,70)(H2,76,77,78)/t41?,42-,43-,49?/m0/s1. The first kappa shape index (κ1) is 59.9. The van der Waals surface area contributed by atoms with Gasteiger partial charge in [-0.15, -0.1) is 11.3 Å². The van der Waals surface area contributed by atoms with Crippen LogP contribution in [0.4, 0.5) is 8.78 Å². The second kappa shape index (κ2) is 25.3. The zero-order chi connectivity index (χ0) is 58.4. The number of piperazine rings is 1. The largest absolute Gasteiger partial charge is 0.399 e. The number of morpholine rings is 1. The number of halogens is 2. The predicted molar refractivity (Wildman–Crippen MR) is 292 cm³/mol. The quantitative estimate of drug-likeness (QED) is 0.0267. The molecular formula is C57H64F2N7O13PS. The van der Waals surface area contributed by atoms with E-state index in [1.54, 1.807) is 37.8 Å². The number of amides is 9. The minimum Gasteiger partial charge on any atom is -0.370 e. The molecule has 20 nitrogen and oxygen atoms in total. The van der Waals surface area contributed by atoms with Crippen LogP contribution in [0.3, 0.4) is 0 Å². The Morgan fingerprint density at radius 2 is 1.57 bits per heavy atom. The van der Waals surface area contributed by atoms with Gasteiger partial charge in [0.1, 0.15) is 30.7 Å². The summed E-state index contributed by atoms with van der Waals surface area (Å²) < 4.78 is 47.2. The van der Waals surface area contributed by atoms with Crippen LogP contribution in [0.15, 0.2) is 72.8 Å². The number of carbonyl (C=O) groups is 9. The summed E-state index contributed by atoms with van der Waals surface area (Å²) in [4.78, 5) is 144. The van der Waals surface area contributed by atoms with E-state index in [9.17, 15) is 66.3 Å². The maximum absolute atomic E-state index is 14.8. The van der Waals surface area contributed by atoms with Crippen molar-refractivity contribution in [3.63, 3.8) is 0 Å². The van der Waals surface area contributed by atoms with Gasteiger partial charge in [-0.3, -0.25) is 57.9 Å². The van der Waals surface area contributed by atoms with Crippen LogP contribution in [0.25, 0.3) is 10.1 Å². The number of rotatable bonds is 18. The summed E-state index contributed by atoms with van der Waals surface area (Å²) in [6.07, 6.45) is 4.84. The molecule has 1 aromatic heterocycles. The molecule has 430 valence electrons. The van der Waals surface area contributed by atoms with E-state index in [4.69, 9.17) is 4.74 Å². The van der Waals surface area contributed by atoms with Crippen molar-refractivity contribution in [2.75, 3.05) is 45.9 Å². The van der Waals surface area contributed by atoms with E-state index in [2.05, 4.69) is 27.8 Å². The second-order valence-corrected chi connectivity index (χ2v) is 24.3. The first-order valence-electron chi connectivity index (χ1n) is 26.9. The number of benzene rings is 3. The maximum Gasteiger partial charge on any atom is 0.399 e. The van der Waals surface area contributed by atoms with E-state index in [1.165, 1.54) is 28.0 Å². The van der Waals surface area contributed by atoms with Crippen molar-refractivity contribution in [2.24, 2.45) is 5.41 Å². The van der Waals surface area contributed by atoms with Crippen molar-refractivity contribution < 1.29 is 71.0 Å². The smallest absolute Gasteiger partial charge is 0.370 e. The number of hydrogen-bond donors (Lipinski definition) is 5. The van der Waals surface area contributed by atoms with Crippen molar-refractivity contribution >= 4 is 82.2 Å². The Morgan fingerprint density at radius 1 is 0.852 bits per heavy atom. The number of carbonyl (C=O) groups excluding carboxylic acids is 9. The summed E-state index contributed by atoms with van der Waals surface area (Å²) in [7, 11) is -5.87. The maximum atomic E-state index is 14.8. The Bertz CT molecular complexity index is 3240. The first-order valence-corrected chi connectivity index (χ1v) is 29.3. The van der Waals surface area contributed by atoms with E-state index in [1.807, 2.05) is 30.3 Å². The van der Waals surface area contributed by atoms with Crippen molar-refractivity contribution in [2.45, 2.75) is 115 Å². The van der Waals surface area contributed by atoms with Crippen LogP contribution < -0.4 is 16.0 Å². The number of imide groups is 2. The van der Waals surface area contributed by atoms with Gasteiger partial charge in [0, 0.05) is 54.8 Å². The highest BCUT2D eigenvalue weighted by atomic mass is 32.1.